The van der Waals surface area contributed by atoms with Crippen LogP contribution in [0.2, 0.25) is 0 Å². The lowest BCUT2D eigenvalue weighted by atomic mass is 10.3. The summed E-state index contributed by atoms with van der Waals surface area (Å²) in [6.45, 7) is 6.44. The number of ether oxygens (including phenoxy) is 2. The molecule has 0 aliphatic carbocycles. The molecule has 0 fully saturated rings. The van der Waals surface area contributed by atoms with Crippen molar-refractivity contribution < 1.29 is 9.47 Å². The Morgan fingerprint density at radius 3 is 2.61 bits per heavy atom. The molecule has 1 unspecified atom stereocenters. The normalized spacial score (nSPS) is 12.8. The van der Waals surface area contributed by atoms with Gasteiger partial charge in [0, 0.05) is 50.2 Å². The quantitative estimate of drug-likeness (QED) is 0.632. The molecule has 1 atom stereocenters. The summed E-state index contributed by atoms with van der Waals surface area (Å²) in [6, 6.07) is 4.34. The fourth-order valence-corrected chi connectivity index (χ4v) is 2.49. The molecular formula is C13H24N2O2S. The fraction of sp³-hybridized carbons (Fsp3) is 0.692. The molecule has 0 aliphatic rings. The van der Waals surface area contributed by atoms with Gasteiger partial charge in [-0.25, -0.2) is 0 Å². The highest BCUT2D eigenvalue weighted by Crippen LogP contribution is 2.14. The van der Waals surface area contributed by atoms with E-state index in [-0.39, 0.29) is 6.10 Å². The van der Waals surface area contributed by atoms with Crippen LogP contribution in [0, 0.1) is 6.92 Å². The van der Waals surface area contributed by atoms with E-state index in [1.165, 1.54) is 9.75 Å². The second-order valence-corrected chi connectivity index (χ2v) is 5.58. The zero-order valence-electron chi connectivity index (χ0n) is 11.5. The van der Waals surface area contributed by atoms with Gasteiger partial charge < -0.3 is 20.1 Å². The summed E-state index contributed by atoms with van der Waals surface area (Å²) in [5, 5.41) is 6.76. The van der Waals surface area contributed by atoms with Crippen LogP contribution < -0.4 is 10.6 Å². The van der Waals surface area contributed by atoms with Crippen molar-refractivity contribution in [3.05, 3.63) is 21.9 Å². The second-order valence-electron chi connectivity index (χ2n) is 4.21. The van der Waals surface area contributed by atoms with Gasteiger partial charge in [0.2, 0.25) is 0 Å². The van der Waals surface area contributed by atoms with Crippen LogP contribution in [0.4, 0.5) is 0 Å². The molecule has 5 heteroatoms. The smallest absolute Gasteiger partial charge is 0.0928 e. The molecule has 0 aromatic carbocycles. The maximum Gasteiger partial charge on any atom is 0.0928 e. The molecule has 18 heavy (non-hydrogen) atoms. The molecule has 2 N–H and O–H groups in total. The highest BCUT2D eigenvalue weighted by molar-refractivity contribution is 7.11. The predicted molar refractivity (Wildman–Crippen MR) is 76.3 cm³/mol. The van der Waals surface area contributed by atoms with Gasteiger partial charge in [-0.05, 0) is 19.1 Å². The third-order valence-electron chi connectivity index (χ3n) is 2.63. The molecular weight excluding hydrogens is 248 g/mol. The number of thiophene rings is 1. The minimum Gasteiger partial charge on any atom is -0.382 e. The lowest BCUT2D eigenvalue weighted by Gasteiger charge is -2.15. The summed E-state index contributed by atoms with van der Waals surface area (Å²) in [5.41, 5.74) is 0. The monoisotopic (exact) mass is 272 g/mol. The van der Waals surface area contributed by atoms with Crippen LogP contribution in [0.3, 0.4) is 0 Å². The third kappa shape index (κ3) is 6.47. The van der Waals surface area contributed by atoms with Crippen molar-refractivity contribution in [2.75, 3.05) is 40.5 Å². The lowest BCUT2D eigenvalue weighted by Crippen LogP contribution is -2.35. The first kappa shape index (κ1) is 15.6. The van der Waals surface area contributed by atoms with Gasteiger partial charge in [-0.1, -0.05) is 0 Å². The van der Waals surface area contributed by atoms with E-state index >= 15 is 0 Å². The Balaban J connectivity index is 1.98. The molecule has 1 heterocycles. The van der Waals surface area contributed by atoms with E-state index in [1.54, 1.807) is 14.2 Å². The Morgan fingerprint density at radius 2 is 2.00 bits per heavy atom. The van der Waals surface area contributed by atoms with E-state index in [4.69, 9.17) is 9.47 Å². The Kier molecular flexibility index (Phi) is 8.20. The highest BCUT2D eigenvalue weighted by atomic mass is 32.1. The molecule has 0 saturated heterocycles. The van der Waals surface area contributed by atoms with E-state index in [9.17, 15) is 0 Å². The number of rotatable bonds is 10. The molecule has 1 aromatic heterocycles. The maximum atomic E-state index is 5.26. The van der Waals surface area contributed by atoms with Crippen molar-refractivity contribution in [2.24, 2.45) is 0 Å². The van der Waals surface area contributed by atoms with Crippen LogP contribution in [0.25, 0.3) is 0 Å². The van der Waals surface area contributed by atoms with Crippen molar-refractivity contribution in [3.8, 4) is 0 Å². The van der Waals surface area contributed by atoms with Gasteiger partial charge in [-0.2, -0.15) is 0 Å². The van der Waals surface area contributed by atoms with E-state index in [0.717, 1.165) is 26.2 Å². The number of hydrogen-bond donors (Lipinski definition) is 2. The van der Waals surface area contributed by atoms with Crippen LogP contribution in [-0.2, 0) is 16.0 Å². The van der Waals surface area contributed by atoms with Gasteiger partial charge in [-0.15, -0.1) is 11.3 Å². The van der Waals surface area contributed by atoms with Crippen molar-refractivity contribution >= 4 is 11.3 Å². The average molecular weight is 272 g/mol. The van der Waals surface area contributed by atoms with Crippen molar-refractivity contribution in [2.45, 2.75) is 19.6 Å². The molecule has 0 radical (unpaired) electrons. The topological polar surface area (TPSA) is 42.5 Å². The Bertz CT molecular complexity index is 318. The summed E-state index contributed by atoms with van der Waals surface area (Å²) in [5.74, 6) is 0. The molecule has 104 valence electrons. The van der Waals surface area contributed by atoms with Crippen LogP contribution in [-0.4, -0.2) is 46.6 Å². The van der Waals surface area contributed by atoms with Crippen molar-refractivity contribution in [1.82, 2.24) is 10.6 Å². The first-order valence-corrected chi connectivity index (χ1v) is 7.06. The Labute approximate surface area is 114 Å². The van der Waals surface area contributed by atoms with Crippen LogP contribution in [0.5, 0.6) is 0 Å². The van der Waals surface area contributed by atoms with Crippen molar-refractivity contribution in [3.63, 3.8) is 0 Å². The summed E-state index contributed by atoms with van der Waals surface area (Å²) < 4.78 is 10.3. The second kappa shape index (κ2) is 9.47. The van der Waals surface area contributed by atoms with Gasteiger partial charge in [-0.3, -0.25) is 0 Å². The minimum atomic E-state index is 0.134. The molecule has 0 spiro atoms. The maximum absolute atomic E-state index is 5.26. The highest BCUT2D eigenvalue weighted by Gasteiger charge is 2.04. The number of hydrogen-bond acceptors (Lipinski definition) is 5. The molecule has 1 rings (SSSR count). The molecule has 0 amide bonds. The molecule has 0 bridgehead atoms. The number of methoxy groups -OCH3 is 2. The molecule has 4 nitrogen and oxygen atoms in total. The molecule has 1 aromatic rings. The van der Waals surface area contributed by atoms with Crippen LogP contribution in [0.15, 0.2) is 12.1 Å². The summed E-state index contributed by atoms with van der Waals surface area (Å²) >= 11 is 1.85. The first-order chi connectivity index (χ1) is 8.76. The van der Waals surface area contributed by atoms with Gasteiger partial charge in [0.1, 0.15) is 0 Å². The van der Waals surface area contributed by atoms with Gasteiger partial charge in [0.05, 0.1) is 12.7 Å². The minimum absolute atomic E-state index is 0.134. The zero-order valence-corrected chi connectivity index (χ0v) is 12.3. The molecule has 0 saturated carbocycles. The fourth-order valence-electron chi connectivity index (χ4n) is 1.63. The zero-order chi connectivity index (χ0) is 13.2. The third-order valence-corrected chi connectivity index (χ3v) is 3.63. The summed E-state index contributed by atoms with van der Waals surface area (Å²) in [4.78, 5) is 2.76. The first-order valence-electron chi connectivity index (χ1n) is 6.24. The van der Waals surface area contributed by atoms with E-state index in [2.05, 4.69) is 29.7 Å². The SMILES string of the molecule is COCC(CNCCNCc1ccc(C)s1)OC. The predicted octanol–water partition coefficient (Wildman–Crippen LogP) is 1.40. The number of aryl methyl sites for hydroxylation is 1. The van der Waals surface area contributed by atoms with Gasteiger partial charge >= 0.3 is 0 Å². The Hall–Kier alpha value is -0.460. The van der Waals surface area contributed by atoms with Crippen LogP contribution in [0.1, 0.15) is 9.75 Å². The summed E-state index contributed by atoms with van der Waals surface area (Å²) in [7, 11) is 3.40. The molecule has 0 aliphatic heterocycles. The average Bonchev–Trinajstić information content (AvgIpc) is 2.78. The van der Waals surface area contributed by atoms with Crippen molar-refractivity contribution in [1.29, 1.82) is 0 Å². The van der Waals surface area contributed by atoms with E-state index < -0.39 is 0 Å². The largest absolute Gasteiger partial charge is 0.382 e. The number of nitrogens with one attached hydrogen (secondary N) is 2. The summed E-state index contributed by atoms with van der Waals surface area (Å²) in [6.07, 6.45) is 0.134. The van der Waals surface area contributed by atoms with E-state index in [0.29, 0.717) is 6.61 Å². The van der Waals surface area contributed by atoms with Gasteiger partial charge in [0.15, 0.2) is 0 Å². The standard InChI is InChI=1S/C13H24N2O2S/c1-11-4-5-13(18-11)9-15-7-6-14-8-12(17-3)10-16-2/h4-5,12,14-15H,6-10H2,1-3H3. The van der Waals surface area contributed by atoms with E-state index in [1.807, 2.05) is 11.3 Å². The van der Waals surface area contributed by atoms with Gasteiger partial charge in [0.25, 0.3) is 0 Å². The Morgan fingerprint density at radius 1 is 1.22 bits per heavy atom. The van der Waals surface area contributed by atoms with Crippen LogP contribution >= 0.6 is 11.3 Å². The lowest BCUT2D eigenvalue weighted by molar-refractivity contribution is 0.0291.